The van der Waals surface area contributed by atoms with Gasteiger partial charge in [-0.1, -0.05) is 6.07 Å². The second-order valence-electron chi connectivity index (χ2n) is 7.20. The molecule has 1 aliphatic carbocycles. The van der Waals surface area contributed by atoms with E-state index >= 15 is 0 Å². The van der Waals surface area contributed by atoms with E-state index in [0.29, 0.717) is 11.5 Å². The van der Waals surface area contributed by atoms with Gasteiger partial charge in [-0.15, -0.1) is 10.2 Å². The van der Waals surface area contributed by atoms with Gasteiger partial charge in [0.15, 0.2) is 9.84 Å². The molecule has 0 radical (unpaired) electrons. The molecule has 138 valence electrons. The van der Waals surface area contributed by atoms with Gasteiger partial charge in [0.1, 0.15) is 11.6 Å². The highest BCUT2D eigenvalue weighted by Crippen LogP contribution is 2.39. The molecule has 1 amide bonds. The van der Waals surface area contributed by atoms with Crippen LogP contribution in [0.5, 0.6) is 0 Å². The summed E-state index contributed by atoms with van der Waals surface area (Å²) in [5.41, 5.74) is 0.371. The van der Waals surface area contributed by atoms with Crippen molar-refractivity contribution in [3.8, 4) is 0 Å². The molecule has 1 aromatic heterocycles. The number of benzene rings is 1. The standard InChI is InChI=1S/C18H22N4O3S/c1-26(24,25)15-4-2-3-13(11-15)18(23)19-14-7-8-16-20-21-17(12-5-6-12)22(16)10-9-14/h2-4,11-12,14H,5-10H2,1H3,(H,19,23). The summed E-state index contributed by atoms with van der Waals surface area (Å²) in [5, 5.41) is 11.7. The number of aromatic nitrogens is 3. The summed E-state index contributed by atoms with van der Waals surface area (Å²) in [6, 6.07) is 6.21. The molecule has 7 nitrogen and oxygen atoms in total. The smallest absolute Gasteiger partial charge is 0.251 e. The third-order valence-corrected chi connectivity index (χ3v) is 6.19. The lowest BCUT2D eigenvalue weighted by atomic mass is 10.1. The lowest BCUT2D eigenvalue weighted by Gasteiger charge is -2.16. The number of amides is 1. The Bertz CT molecular complexity index is 947. The number of nitrogens with one attached hydrogen (secondary N) is 1. The minimum Gasteiger partial charge on any atom is -0.349 e. The van der Waals surface area contributed by atoms with E-state index in [0.717, 1.165) is 43.7 Å². The zero-order valence-electron chi connectivity index (χ0n) is 14.7. The number of hydrogen-bond donors (Lipinski definition) is 1. The van der Waals surface area contributed by atoms with Gasteiger partial charge < -0.3 is 9.88 Å². The molecule has 4 rings (SSSR count). The summed E-state index contributed by atoms with van der Waals surface area (Å²) in [5.74, 6) is 2.41. The summed E-state index contributed by atoms with van der Waals surface area (Å²) in [7, 11) is -3.33. The van der Waals surface area contributed by atoms with Crippen LogP contribution in [0.4, 0.5) is 0 Å². The fraction of sp³-hybridized carbons (Fsp3) is 0.500. The van der Waals surface area contributed by atoms with Crippen molar-refractivity contribution in [2.75, 3.05) is 6.26 Å². The minimum atomic E-state index is -3.33. The number of carbonyl (C=O) groups is 1. The summed E-state index contributed by atoms with van der Waals surface area (Å²) >= 11 is 0. The SMILES string of the molecule is CS(=O)(=O)c1cccc(C(=O)NC2CCc3nnc(C4CC4)n3CC2)c1. The molecule has 2 aromatic rings. The van der Waals surface area contributed by atoms with Gasteiger partial charge in [0.25, 0.3) is 5.91 Å². The van der Waals surface area contributed by atoms with Crippen molar-refractivity contribution in [2.45, 2.75) is 55.5 Å². The highest BCUT2D eigenvalue weighted by Gasteiger charge is 2.31. The van der Waals surface area contributed by atoms with Crippen LogP contribution in [-0.2, 0) is 22.8 Å². The van der Waals surface area contributed by atoms with Crippen molar-refractivity contribution in [1.29, 1.82) is 0 Å². The van der Waals surface area contributed by atoms with Gasteiger partial charge in [-0.25, -0.2) is 8.42 Å². The van der Waals surface area contributed by atoms with E-state index in [2.05, 4.69) is 20.1 Å². The maximum Gasteiger partial charge on any atom is 0.251 e. The van der Waals surface area contributed by atoms with Crippen molar-refractivity contribution in [3.63, 3.8) is 0 Å². The maximum atomic E-state index is 12.6. The van der Waals surface area contributed by atoms with Gasteiger partial charge in [-0.05, 0) is 43.9 Å². The molecule has 1 N–H and O–H groups in total. The quantitative estimate of drug-likeness (QED) is 0.879. The van der Waals surface area contributed by atoms with Gasteiger partial charge in [0, 0.05) is 36.7 Å². The van der Waals surface area contributed by atoms with Crippen LogP contribution in [0.1, 0.15) is 53.6 Å². The van der Waals surface area contributed by atoms with Crippen molar-refractivity contribution < 1.29 is 13.2 Å². The molecular weight excluding hydrogens is 352 g/mol. The molecule has 0 saturated heterocycles. The number of carbonyl (C=O) groups excluding carboxylic acids is 1. The lowest BCUT2D eigenvalue weighted by molar-refractivity contribution is 0.0932. The normalized spacial score (nSPS) is 20.3. The number of hydrogen-bond acceptors (Lipinski definition) is 5. The van der Waals surface area contributed by atoms with Crippen LogP contribution in [0.15, 0.2) is 29.2 Å². The van der Waals surface area contributed by atoms with E-state index in [1.807, 2.05) is 0 Å². The largest absolute Gasteiger partial charge is 0.349 e. The Morgan fingerprint density at radius 3 is 2.73 bits per heavy atom. The summed E-state index contributed by atoms with van der Waals surface area (Å²) < 4.78 is 25.6. The third kappa shape index (κ3) is 3.51. The predicted molar refractivity (Wildman–Crippen MR) is 95.7 cm³/mol. The van der Waals surface area contributed by atoms with E-state index in [4.69, 9.17) is 0 Å². The molecule has 1 atom stereocenters. The topological polar surface area (TPSA) is 93.9 Å². The minimum absolute atomic E-state index is 0.0399. The molecule has 1 unspecified atom stereocenters. The number of sulfone groups is 1. The van der Waals surface area contributed by atoms with Gasteiger partial charge in [0.2, 0.25) is 0 Å². The van der Waals surface area contributed by atoms with Crippen molar-refractivity contribution in [1.82, 2.24) is 20.1 Å². The summed E-state index contributed by atoms with van der Waals surface area (Å²) in [6.45, 7) is 0.808. The average molecular weight is 374 g/mol. The van der Waals surface area contributed by atoms with E-state index in [1.165, 1.54) is 25.0 Å². The van der Waals surface area contributed by atoms with Crippen LogP contribution >= 0.6 is 0 Å². The maximum absolute atomic E-state index is 12.6. The van der Waals surface area contributed by atoms with E-state index in [1.54, 1.807) is 12.1 Å². The molecule has 1 aliphatic heterocycles. The first-order valence-electron chi connectivity index (χ1n) is 8.95. The van der Waals surface area contributed by atoms with Gasteiger partial charge in [-0.2, -0.15) is 0 Å². The Morgan fingerprint density at radius 2 is 2.00 bits per heavy atom. The van der Waals surface area contributed by atoms with Crippen LogP contribution in [0.25, 0.3) is 0 Å². The third-order valence-electron chi connectivity index (χ3n) is 5.08. The second-order valence-corrected chi connectivity index (χ2v) is 9.21. The molecule has 0 spiro atoms. The molecule has 1 fully saturated rings. The first kappa shape index (κ1) is 17.2. The Kier molecular flexibility index (Phi) is 4.30. The Balaban J connectivity index is 1.44. The van der Waals surface area contributed by atoms with Crippen molar-refractivity contribution in [3.05, 3.63) is 41.5 Å². The number of rotatable bonds is 4. The number of aryl methyl sites for hydroxylation is 1. The summed E-state index contributed by atoms with van der Waals surface area (Å²) in [6.07, 6.45) is 5.93. The van der Waals surface area contributed by atoms with Crippen LogP contribution in [0.3, 0.4) is 0 Å². The highest BCUT2D eigenvalue weighted by atomic mass is 32.2. The molecule has 0 bridgehead atoms. The van der Waals surface area contributed by atoms with E-state index < -0.39 is 9.84 Å². The zero-order valence-corrected chi connectivity index (χ0v) is 15.5. The summed E-state index contributed by atoms with van der Waals surface area (Å²) in [4.78, 5) is 12.7. The first-order valence-corrected chi connectivity index (χ1v) is 10.8. The fourth-order valence-electron chi connectivity index (χ4n) is 3.43. The van der Waals surface area contributed by atoms with Crippen LogP contribution in [-0.4, -0.2) is 41.4 Å². The highest BCUT2D eigenvalue weighted by molar-refractivity contribution is 7.90. The number of fused-ring (bicyclic) bond motifs is 1. The Morgan fingerprint density at radius 1 is 1.19 bits per heavy atom. The van der Waals surface area contributed by atoms with Crippen LogP contribution in [0.2, 0.25) is 0 Å². The Labute approximate surface area is 152 Å². The van der Waals surface area contributed by atoms with Gasteiger partial charge >= 0.3 is 0 Å². The lowest BCUT2D eigenvalue weighted by Crippen LogP contribution is -2.35. The fourth-order valence-corrected chi connectivity index (χ4v) is 4.10. The molecule has 1 saturated carbocycles. The van der Waals surface area contributed by atoms with Crippen molar-refractivity contribution >= 4 is 15.7 Å². The zero-order chi connectivity index (χ0) is 18.3. The van der Waals surface area contributed by atoms with E-state index in [9.17, 15) is 13.2 Å². The second kappa shape index (κ2) is 6.50. The van der Waals surface area contributed by atoms with Crippen LogP contribution in [0, 0.1) is 0 Å². The van der Waals surface area contributed by atoms with Gasteiger partial charge in [0.05, 0.1) is 4.90 Å². The van der Waals surface area contributed by atoms with Gasteiger partial charge in [-0.3, -0.25) is 4.79 Å². The molecule has 26 heavy (non-hydrogen) atoms. The van der Waals surface area contributed by atoms with E-state index in [-0.39, 0.29) is 16.8 Å². The number of nitrogens with zero attached hydrogens (tertiary/aromatic N) is 3. The first-order chi connectivity index (χ1) is 12.4. The average Bonchev–Trinajstić information content (AvgIpc) is 3.40. The van der Waals surface area contributed by atoms with Crippen LogP contribution < -0.4 is 5.32 Å². The molecule has 8 heteroatoms. The Hall–Kier alpha value is -2.22. The monoisotopic (exact) mass is 374 g/mol. The molecule has 2 heterocycles. The molecular formula is C18H22N4O3S. The molecule has 2 aliphatic rings. The predicted octanol–water partition coefficient (Wildman–Crippen LogP) is 1.69. The van der Waals surface area contributed by atoms with Crippen molar-refractivity contribution in [2.24, 2.45) is 0 Å². The molecule has 1 aromatic carbocycles.